The minimum absolute atomic E-state index is 0.0827. The van der Waals surface area contributed by atoms with Crippen LogP contribution in [0.15, 0.2) is 36.4 Å². The van der Waals surface area contributed by atoms with Gasteiger partial charge >= 0.3 is 0 Å². The number of aromatic nitrogens is 4. The van der Waals surface area contributed by atoms with Gasteiger partial charge in [-0.15, -0.1) is 0 Å². The van der Waals surface area contributed by atoms with Gasteiger partial charge in [-0.1, -0.05) is 27.7 Å². The third-order valence-electron chi connectivity index (χ3n) is 6.43. The first kappa shape index (κ1) is 24.9. The molecule has 2 aliphatic carbocycles. The second kappa shape index (κ2) is 8.98. The molecule has 2 aromatic heterocycles. The van der Waals surface area contributed by atoms with Gasteiger partial charge in [0, 0.05) is 39.8 Å². The Kier molecular flexibility index (Phi) is 5.90. The lowest BCUT2D eigenvalue weighted by atomic mass is 9.90. The Morgan fingerprint density at radius 2 is 1.11 bits per heavy atom. The molecule has 0 unspecified atom stereocenters. The number of benzene rings is 2. The number of nitrogen functional groups attached to an aromatic ring is 1. The van der Waals surface area contributed by atoms with Crippen LogP contribution in [-0.2, 0) is 0 Å². The zero-order valence-electron chi connectivity index (χ0n) is 21.1. The quantitative estimate of drug-likeness (QED) is 0.255. The van der Waals surface area contributed by atoms with Crippen molar-refractivity contribution in [3.8, 4) is 22.5 Å². The summed E-state index contributed by atoms with van der Waals surface area (Å²) in [5.41, 5.74) is 9.18. The fraction of sp³-hybridized carbons (Fsp3) is 0.214. The average Bonchev–Trinajstić information content (AvgIpc) is 3.52. The van der Waals surface area contributed by atoms with Crippen LogP contribution >= 0.6 is 0 Å². The molecule has 0 spiro atoms. The molecule has 10 heteroatoms. The largest absolute Gasteiger partial charge is 0.399 e. The summed E-state index contributed by atoms with van der Waals surface area (Å²) < 4.78 is 13.2. The van der Waals surface area contributed by atoms with Crippen LogP contribution in [-0.4, -0.2) is 43.1 Å². The van der Waals surface area contributed by atoms with Gasteiger partial charge in [0.05, 0.1) is 0 Å². The fourth-order valence-electron chi connectivity index (χ4n) is 4.39. The molecule has 192 valence electrons. The molecule has 0 aliphatic heterocycles. The second-order valence-electron chi connectivity index (χ2n) is 9.81. The summed E-state index contributed by atoms with van der Waals surface area (Å²) in [6.07, 6.45) is 0. The lowest BCUT2D eigenvalue weighted by Crippen LogP contribution is -2.21. The van der Waals surface area contributed by atoms with Gasteiger partial charge < -0.3 is 15.7 Å². The molecule has 9 nitrogen and oxygen atoms in total. The predicted molar refractivity (Wildman–Crippen MR) is 138 cm³/mol. The third-order valence-corrected chi connectivity index (χ3v) is 6.43. The molecule has 2 heterocycles. The molecule has 0 bridgehead atoms. The van der Waals surface area contributed by atoms with Crippen LogP contribution in [0.2, 0.25) is 0 Å². The number of hydrogen-bond acceptors (Lipinski definition) is 7. The highest BCUT2D eigenvalue weighted by Gasteiger charge is 2.35. The number of imidazole rings is 2. The first-order valence-electron chi connectivity index (χ1n) is 12.1. The lowest BCUT2D eigenvalue weighted by Gasteiger charge is -2.13. The van der Waals surface area contributed by atoms with Crippen molar-refractivity contribution in [1.29, 1.82) is 0 Å². The van der Waals surface area contributed by atoms with E-state index in [-0.39, 0.29) is 28.8 Å². The Hall–Kier alpha value is -4.73. The number of carbonyl (C=O) groups excluding carboxylic acids is 4. The molecule has 0 radical (unpaired) electrons. The Bertz CT molecular complexity index is 1550. The number of carbonyl (C=O) groups is 4. The van der Waals surface area contributed by atoms with Gasteiger partial charge in [0.2, 0.25) is 11.6 Å². The monoisotopic (exact) mass is 513 g/mol. The Balaban J connectivity index is 0.000000155. The number of anilines is 1. The molecule has 2 aliphatic rings. The topological polar surface area (TPSA) is 152 Å². The summed E-state index contributed by atoms with van der Waals surface area (Å²) in [6.45, 7) is 7.81. The maximum absolute atomic E-state index is 13.2. The minimum Gasteiger partial charge on any atom is -0.399 e. The number of aromatic amines is 2. The maximum Gasteiger partial charge on any atom is 0.251 e. The fourth-order valence-corrected chi connectivity index (χ4v) is 4.39. The Morgan fingerprint density at radius 3 is 1.58 bits per heavy atom. The van der Waals surface area contributed by atoms with Crippen LogP contribution in [0.4, 0.5) is 10.1 Å². The molecule has 0 saturated heterocycles. The van der Waals surface area contributed by atoms with E-state index in [4.69, 9.17) is 5.73 Å². The highest BCUT2D eigenvalue weighted by Crippen LogP contribution is 2.35. The zero-order valence-corrected chi connectivity index (χ0v) is 21.1. The van der Waals surface area contributed by atoms with Crippen LogP contribution in [0, 0.1) is 5.82 Å². The molecule has 0 fully saturated rings. The highest BCUT2D eigenvalue weighted by atomic mass is 19.1. The van der Waals surface area contributed by atoms with Crippen molar-refractivity contribution in [2.45, 2.75) is 39.5 Å². The van der Waals surface area contributed by atoms with Gasteiger partial charge in [0.25, 0.3) is 11.6 Å². The molecular weight excluding hydrogens is 489 g/mol. The second-order valence-corrected chi connectivity index (χ2v) is 9.81. The number of Topliss-reactive ketones (excluding diaryl/α,β-unsaturated/α-hetero) is 4. The minimum atomic E-state index is -0.694. The first-order valence-corrected chi connectivity index (χ1v) is 12.1. The van der Waals surface area contributed by atoms with Gasteiger partial charge in [-0.05, 0) is 36.4 Å². The van der Waals surface area contributed by atoms with Crippen molar-refractivity contribution in [2.24, 2.45) is 0 Å². The summed E-state index contributed by atoms with van der Waals surface area (Å²) in [5, 5.41) is 0. The van der Waals surface area contributed by atoms with E-state index in [1.807, 2.05) is 27.7 Å². The van der Waals surface area contributed by atoms with Crippen LogP contribution in [0.5, 0.6) is 0 Å². The van der Waals surface area contributed by atoms with E-state index in [1.165, 1.54) is 18.2 Å². The standard InChI is InChI=1S/C14H11FN2O2.C14H13N3O2/c2*1-6(2)14-16-10-8-4-3-7(15)5-9(8)12(18)13(19)11(10)17-14/h3-6H,1-2H3,(H,16,17);3-6H,15H2,1-2H3,(H,16,17). The summed E-state index contributed by atoms with van der Waals surface area (Å²) in [5.74, 6) is -1.36. The number of H-pyrrole nitrogens is 2. The normalized spacial score (nSPS) is 13.7. The number of nitrogens with two attached hydrogens (primary N) is 1. The smallest absolute Gasteiger partial charge is 0.251 e. The maximum atomic E-state index is 13.2. The Morgan fingerprint density at radius 1 is 0.658 bits per heavy atom. The number of fused-ring (bicyclic) bond motifs is 6. The number of rotatable bonds is 2. The van der Waals surface area contributed by atoms with Gasteiger partial charge in [-0.3, -0.25) is 19.2 Å². The summed E-state index contributed by atoms with van der Waals surface area (Å²) >= 11 is 0. The average molecular weight is 514 g/mol. The number of nitrogens with one attached hydrogen (secondary N) is 2. The van der Waals surface area contributed by atoms with Crippen LogP contribution < -0.4 is 5.73 Å². The van der Waals surface area contributed by atoms with Crippen molar-refractivity contribution < 1.29 is 23.6 Å². The highest BCUT2D eigenvalue weighted by molar-refractivity contribution is 6.53. The van der Waals surface area contributed by atoms with E-state index in [0.717, 1.165) is 6.07 Å². The van der Waals surface area contributed by atoms with Crippen molar-refractivity contribution >= 4 is 28.8 Å². The molecule has 4 aromatic rings. The van der Waals surface area contributed by atoms with Crippen molar-refractivity contribution in [3.05, 3.63) is 76.4 Å². The van der Waals surface area contributed by atoms with E-state index in [2.05, 4.69) is 19.9 Å². The van der Waals surface area contributed by atoms with E-state index >= 15 is 0 Å². The Labute approximate surface area is 216 Å². The first-order chi connectivity index (χ1) is 18.0. The molecule has 4 N–H and O–H groups in total. The van der Waals surface area contributed by atoms with Gasteiger partial charge in [-0.2, -0.15) is 0 Å². The zero-order chi connectivity index (χ0) is 27.5. The van der Waals surface area contributed by atoms with Crippen LogP contribution in [0.1, 0.15) is 92.9 Å². The lowest BCUT2D eigenvalue weighted by molar-refractivity contribution is 0.0812. The summed E-state index contributed by atoms with van der Waals surface area (Å²) in [4.78, 5) is 62.7. The van der Waals surface area contributed by atoms with Gasteiger partial charge in [-0.25, -0.2) is 14.4 Å². The van der Waals surface area contributed by atoms with Gasteiger partial charge in [0.15, 0.2) is 0 Å². The molecule has 6 rings (SSSR count). The van der Waals surface area contributed by atoms with Crippen LogP contribution in [0.3, 0.4) is 0 Å². The van der Waals surface area contributed by atoms with Crippen molar-refractivity contribution in [3.63, 3.8) is 0 Å². The molecule has 38 heavy (non-hydrogen) atoms. The van der Waals surface area contributed by atoms with E-state index in [0.29, 0.717) is 45.4 Å². The predicted octanol–water partition coefficient (Wildman–Crippen LogP) is 4.88. The van der Waals surface area contributed by atoms with Crippen LogP contribution in [0.25, 0.3) is 22.5 Å². The number of nitrogens with zero attached hydrogens (tertiary/aromatic N) is 2. The van der Waals surface area contributed by atoms with E-state index < -0.39 is 29.0 Å². The molecule has 0 atom stereocenters. The van der Waals surface area contributed by atoms with Crippen molar-refractivity contribution in [1.82, 2.24) is 19.9 Å². The molecule has 0 amide bonds. The number of halogens is 1. The van der Waals surface area contributed by atoms with Gasteiger partial charge in [0.1, 0.15) is 40.2 Å². The van der Waals surface area contributed by atoms with E-state index in [9.17, 15) is 23.6 Å². The van der Waals surface area contributed by atoms with Crippen molar-refractivity contribution in [2.75, 3.05) is 5.73 Å². The SMILES string of the molecule is CC(C)c1nc2c([nH]1)C(=O)C(=O)c1cc(F)ccc1-2.CC(C)c1nc2c([nH]1)C(=O)C(=O)c1cc(N)ccc1-2. The third kappa shape index (κ3) is 3.94. The molecule has 0 saturated carbocycles. The van der Waals surface area contributed by atoms with E-state index in [1.54, 1.807) is 12.1 Å². The molecule has 2 aromatic carbocycles. The summed E-state index contributed by atoms with van der Waals surface area (Å²) in [6, 6.07) is 8.80. The number of hydrogen-bond donors (Lipinski definition) is 3. The number of ketones is 4. The molecular formula is C28H24FN5O4. The summed E-state index contributed by atoms with van der Waals surface area (Å²) in [7, 11) is 0.